The van der Waals surface area contributed by atoms with Crippen LogP contribution in [-0.2, 0) is 0 Å². The molecule has 2 aromatic heterocycles. The first kappa shape index (κ1) is 13.7. The van der Waals surface area contributed by atoms with Gasteiger partial charge in [0.25, 0.3) is 0 Å². The van der Waals surface area contributed by atoms with Crippen LogP contribution in [0.25, 0.3) is 16.9 Å². The first-order chi connectivity index (χ1) is 10.1. The molecule has 2 heterocycles. The number of ether oxygens (including phenoxy) is 1. The number of nitrogens with zero attached hydrogens (tertiary/aromatic N) is 2. The maximum atomic E-state index is 5.50. The highest BCUT2D eigenvalue weighted by atomic mass is 16.5. The van der Waals surface area contributed by atoms with Gasteiger partial charge in [-0.05, 0) is 48.2 Å². The number of hydrogen-bond donors (Lipinski definition) is 0. The maximum Gasteiger partial charge on any atom is 0.137 e. The molecule has 0 aliphatic rings. The van der Waals surface area contributed by atoms with E-state index < -0.39 is 0 Å². The van der Waals surface area contributed by atoms with Crippen LogP contribution >= 0.6 is 0 Å². The minimum Gasteiger partial charge on any atom is -0.496 e. The SMILES string of the molecule is COc1ccc(C(C)C)cc1-c1cn2ccc(C)cc2n1. The Bertz CT molecular complexity index is 787. The van der Waals surface area contributed by atoms with Crippen LogP contribution in [0, 0.1) is 6.92 Å². The van der Waals surface area contributed by atoms with E-state index in [1.54, 1.807) is 7.11 Å². The van der Waals surface area contributed by atoms with Crippen molar-refractivity contribution in [1.82, 2.24) is 9.38 Å². The molecule has 3 aromatic rings. The van der Waals surface area contributed by atoms with Gasteiger partial charge in [0.2, 0.25) is 0 Å². The van der Waals surface area contributed by atoms with Gasteiger partial charge in [-0.2, -0.15) is 0 Å². The minimum absolute atomic E-state index is 0.480. The average molecular weight is 280 g/mol. The Morgan fingerprint density at radius 3 is 2.67 bits per heavy atom. The molecule has 0 aliphatic heterocycles. The summed E-state index contributed by atoms with van der Waals surface area (Å²) in [6.07, 6.45) is 4.09. The number of methoxy groups -OCH3 is 1. The number of fused-ring (bicyclic) bond motifs is 1. The van der Waals surface area contributed by atoms with Crippen molar-refractivity contribution in [2.45, 2.75) is 26.7 Å². The smallest absolute Gasteiger partial charge is 0.137 e. The highest BCUT2D eigenvalue weighted by Gasteiger charge is 2.12. The second-order valence-electron chi connectivity index (χ2n) is 5.71. The molecule has 0 spiro atoms. The monoisotopic (exact) mass is 280 g/mol. The molecule has 108 valence electrons. The maximum absolute atomic E-state index is 5.50. The van der Waals surface area contributed by atoms with Crippen LogP contribution in [0.2, 0.25) is 0 Å². The van der Waals surface area contributed by atoms with Gasteiger partial charge >= 0.3 is 0 Å². The number of aromatic nitrogens is 2. The molecule has 0 radical (unpaired) electrons. The molecule has 0 N–H and O–H groups in total. The molecular formula is C18H20N2O. The molecule has 0 saturated heterocycles. The van der Waals surface area contributed by atoms with Crippen LogP contribution in [0.15, 0.2) is 42.7 Å². The van der Waals surface area contributed by atoms with E-state index in [2.05, 4.69) is 51.2 Å². The van der Waals surface area contributed by atoms with Crippen molar-refractivity contribution < 1.29 is 4.74 Å². The quantitative estimate of drug-likeness (QED) is 0.709. The topological polar surface area (TPSA) is 26.5 Å². The fourth-order valence-electron chi connectivity index (χ4n) is 2.50. The lowest BCUT2D eigenvalue weighted by molar-refractivity contribution is 0.416. The van der Waals surface area contributed by atoms with Crippen LogP contribution < -0.4 is 4.74 Å². The standard InChI is InChI=1S/C18H20N2O/c1-12(2)14-5-6-17(21-4)15(10-14)16-11-20-8-7-13(3)9-18(20)19-16/h5-12H,1-4H3. The molecule has 0 aliphatic carbocycles. The molecule has 3 heteroatoms. The highest BCUT2D eigenvalue weighted by molar-refractivity contribution is 5.70. The normalized spacial score (nSPS) is 11.3. The van der Waals surface area contributed by atoms with E-state index in [0.29, 0.717) is 5.92 Å². The van der Waals surface area contributed by atoms with E-state index in [4.69, 9.17) is 9.72 Å². The van der Waals surface area contributed by atoms with Crippen LogP contribution in [0.5, 0.6) is 5.75 Å². The summed E-state index contributed by atoms with van der Waals surface area (Å²) in [5.74, 6) is 1.34. The Morgan fingerprint density at radius 2 is 1.95 bits per heavy atom. The van der Waals surface area contributed by atoms with Gasteiger partial charge in [0.05, 0.1) is 12.8 Å². The van der Waals surface area contributed by atoms with Crippen molar-refractivity contribution >= 4 is 5.65 Å². The third-order valence-corrected chi connectivity index (χ3v) is 3.78. The lowest BCUT2D eigenvalue weighted by Gasteiger charge is -2.11. The number of aryl methyl sites for hydroxylation is 1. The van der Waals surface area contributed by atoms with Crippen LogP contribution in [0.4, 0.5) is 0 Å². The molecule has 3 nitrogen and oxygen atoms in total. The van der Waals surface area contributed by atoms with Gasteiger partial charge in [0, 0.05) is 18.0 Å². The van der Waals surface area contributed by atoms with Crippen LogP contribution in [-0.4, -0.2) is 16.5 Å². The summed E-state index contributed by atoms with van der Waals surface area (Å²) < 4.78 is 7.55. The van der Waals surface area contributed by atoms with E-state index in [1.165, 1.54) is 11.1 Å². The molecule has 0 amide bonds. The molecule has 0 fully saturated rings. The molecule has 0 saturated carbocycles. The second kappa shape index (κ2) is 5.24. The van der Waals surface area contributed by atoms with Gasteiger partial charge in [-0.15, -0.1) is 0 Å². The average Bonchev–Trinajstić information content (AvgIpc) is 2.89. The minimum atomic E-state index is 0.480. The summed E-state index contributed by atoms with van der Waals surface area (Å²) in [4.78, 5) is 4.74. The van der Waals surface area contributed by atoms with Crippen molar-refractivity contribution in [2.24, 2.45) is 0 Å². The fourth-order valence-corrected chi connectivity index (χ4v) is 2.50. The number of rotatable bonds is 3. The van der Waals surface area contributed by atoms with E-state index in [9.17, 15) is 0 Å². The Balaban J connectivity index is 2.18. The number of hydrogen-bond acceptors (Lipinski definition) is 2. The van der Waals surface area contributed by atoms with Gasteiger partial charge in [0.1, 0.15) is 11.4 Å². The van der Waals surface area contributed by atoms with Crippen molar-refractivity contribution in [3.8, 4) is 17.0 Å². The first-order valence-corrected chi connectivity index (χ1v) is 7.22. The van der Waals surface area contributed by atoms with Crippen molar-refractivity contribution in [2.75, 3.05) is 7.11 Å². The van der Waals surface area contributed by atoms with E-state index in [0.717, 1.165) is 22.7 Å². The largest absolute Gasteiger partial charge is 0.496 e. The van der Waals surface area contributed by atoms with Crippen molar-refractivity contribution in [1.29, 1.82) is 0 Å². The van der Waals surface area contributed by atoms with E-state index in [-0.39, 0.29) is 0 Å². The van der Waals surface area contributed by atoms with Crippen LogP contribution in [0.3, 0.4) is 0 Å². The van der Waals surface area contributed by atoms with Gasteiger partial charge in [-0.25, -0.2) is 4.98 Å². The molecule has 0 unspecified atom stereocenters. The first-order valence-electron chi connectivity index (χ1n) is 7.22. The van der Waals surface area contributed by atoms with Gasteiger partial charge < -0.3 is 9.14 Å². The molecule has 0 bridgehead atoms. The van der Waals surface area contributed by atoms with E-state index in [1.807, 2.05) is 16.7 Å². The Morgan fingerprint density at radius 1 is 1.14 bits per heavy atom. The zero-order chi connectivity index (χ0) is 15.0. The summed E-state index contributed by atoms with van der Waals surface area (Å²) in [5, 5.41) is 0. The predicted octanol–water partition coefficient (Wildman–Crippen LogP) is 4.44. The van der Waals surface area contributed by atoms with Crippen molar-refractivity contribution in [3.63, 3.8) is 0 Å². The Labute approximate surface area is 125 Å². The number of pyridine rings is 1. The summed E-state index contributed by atoms with van der Waals surface area (Å²) in [6.45, 7) is 6.46. The molecule has 3 rings (SSSR count). The Hall–Kier alpha value is -2.29. The summed E-state index contributed by atoms with van der Waals surface area (Å²) in [5.41, 5.74) is 5.45. The third kappa shape index (κ3) is 2.51. The molecule has 21 heavy (non-hydrogen) atoms. The second-order valence-corrected chi connectivity index (χ2v) is 5.71. The van der Waals surface area contributed by atoms with Gasteiger partial charge in [0.15, 0.2) is 0 Å². The molecule has 0 atom stereocenters. The third-order valence-electron chi connectivity index (χ3n) is 3.78. The summed E-state index contributed by atoms with van der Waals surface area (Å²) >= 11 is 0. The number of benzene rings is 1. The highest BCUT2D eigenvalue weighted by Crippen LogP contribution is 2.32. The van der Waals surface area contributed by atoms with Crippen LogP contribution in [0.1, 0.15) is 30.9 Å². The summed E-state index contributed by atoms with van der Waals surface area (Å²) in [6, 6.07) is 10.5. The van der Waals surface area contributed by atoms with Gasteiger partial charge in [-0.1, -0.05) is 19.9 Å². The predicted molar refractivity (Wildman–Crippen MR) is 86.0 cm³/mol. The molecule has 1 aromatic carbocycles. The Kier molecular flexibility index (Phi) is 3.42. The summed E-state index contributed by atoms with van der Waals surface area (Å²) in [7, 11) is 1.70. The zero-order valence-corrected chi connectivity index (χ0v) is 12.9. The number of imidazole rings is 1. The van der Waals surface area contributed by atoms with Crippen molar-refractivity contribution in [3.05, 3.63) is 53.9 Å². The lowest BCUT2D eigenvalue weighted by Crippen LogP contribution is -1.92. The molecular weight excluding hydrogens is 260 g/mol. The zero-order valence-electron chi connectivity index (χ0n) is 12.9. The lowest BCUT2D eigenvalue weighted by atomic mass is 9.99. The fraction of sp³-hybridized carbons (Fsp3) is 0.278. The van der Waals surface area contributed by atoms with E-state index >= 15 is 0 Å². The van der Waals surface area contributed by atoms with Gasteiger partial charge in [-0.3, -0.25) is 0 Å².